The smallest absolute Gasteiger partial charge is 0.832 e. The molecule has 0 aromatic heterocycles. The Hall–Kier alpha value is -0.970. The van der Waals surface area contributed by atoms with E-state index in [4.69, 9.17) is 141 Å². The van der Waals surface area contributed by atoms with Crippen molar-refractivity contribution in [3.05, 3.63) is 0 Å². The van der Waals surface area contributed by atoms with E-state index in [0.29, 0.717) is 19.6 Å². The number of hydrogen-bond donors (Lipinski definition) is 24. The summed E-state index contributed by atoms with van der Waals surface area (Å²) in [4.78, 5) is 66.0. The Bertz CT molecular complexity index is 805. The van der Waals surface area contributed by atoms with Gasteiger partial charge in [-0.1, -0.05) is 0 Å². The number of carboxylic acids is 3. The van der Waals surface area contributed by atoms with Crippen molar-refractivity contribution in [1.29, 1.82) is 0 Å². The Kier molecular flexibility index (Phi) is 134. The molecule has 0 atom stereocenters. The summed E-state index contributed by atoms with van der Waals surface area (Å²) in [5, 5.41) is 207. The molecule has 0 rings (SSSR count). The molecule has 0 amide bonds. The van der Waals surface area contributed by atoms with Crippen molar-refractivity contribution in [3.8, 4) is 0 Å². The number of aliphatic hydroxyl groups is 4. The van der Waals surface area contributed by atoms with Crippen LogP contribution >= 0.6 is 0 Å². The van der Waals surface area contributed by atoms with Crippen molar-refractivity contribution >= 4 is 71.8 Å². The fraction of sp³-hybridized carbons (Fsp3) is 0.562. The summed E-state index contributed by atoms with van der Waals surface area (Å²) in [6.07, 6.45) is -10.0. The van der Waals surface area contributed by atoms with E-state index in [-0.39, 0.29) is 144 Å². The molecular formula is C16H42B4N2Na4O34. The minimum atomic E-state index is -2.97. The minimum absolute atomic E-state index is 0. The van der Waals surface area contributed by atoms with Crippen LogP contribution in [0.5, 0.6) is 0 Å². The molecule has 36 nitrogen and oxygen atoms in total. The second kappa shape index (κ2) is 78.5. The second-order valence-electron chi connectivity index (χ2n) is 6.92. The molecule has 0 fully saturated rings. The van der Waals surface area contributed by atoms with E-state index in [1.807, 2.05) is 0 Å². The van der Waals surface area contributed by atoms with Crippen LogP contribution in [0.2, 0.25) is 0 Å². The molecule has 44 heteroatoms. The van der Waals surface area contributed by atoms with Gasteiger partial charge in [0.2, 0.25) is 0 Å². The van der Waals surface area contributed by atoms with Crippen LogP contribution in [0.1, 0.15) is 12.8 Å². The Balaban J connectivity index is -0.0000000299. The van der Waals surface area contributed by atoms with Gasteiger partial charge in [0.1, 0.15) is 5.60 Å². The van der Waals surface area contributed by atoms with Gasteiger partial charge in [-0.3, -0.25) is 4.90 Å². The number of carbonyl (C=O) groups is 7. The van der Waals surface area contributed by atoms with E-state index in [9.17, 15) is 29.7 Å². The van der Waals surface area contributed by atoms with Crippen LogP contribution in [-0.2, 0) is 14.4 Å². The normalized spacial score (nSPS) is 7.55. The van der Waals surface area contributed by atoms with Crippen molar-refractivity contribution in [2.24, 2.45) is 0 Å². The summed E-state index contributed by atoms with van der Waals surface area (Å²) >= 11 is 0. The summed E-state index contributed by atoms with van der Waals surface area (Å²) < 4.78 is 0. The first kappa shape index (κ1) is 103. The van der Waals surface area contributed by atoms with Crippen LogP contribution < -0.4 is 145 Å². The third kappa shape index (κ3) is 310. The summed E-state index contributed by atoms with van der Waals surface area (Å²) in [7, 11) is -8.92. The molecule has 0 radical (unpaired) electrons. The summed E-state index contributed by atoms with van der Waals surface area (Å²) in [6.45, 7) is 1.75. The van der Waals surface area contributed by atoms with Gasteiger partial charge in [-0.2, -0.15) is 0 Å². The molecule has 0 spiro atoms. The van der Waals surface area contributed by atoms with Crippen LogP contribution in [0.4, 0.5) is 19.2 Å². The van der Waals surface area contributed by atoms with E-state index in [1.54, 1.807) is 4.90 Å². The molecule has 60 heavy (non-hydrogen) atoms. The van der Waals surface area contributed by atoms with E-state index in [0.717, 1.165) is 0 Å². The molecule has 0 aliphatic carbocycles. The molecule has 0 aliphatic heterocycles. The molecule has 336 valence electrons. The predicted molar refractivity (Wildman–Crippen MR) is 162 cm³/mol. The van der Waals surface area contributed by atoms with Crippen LogP contribution in [-0.4, -0.2) is 238 Å². The fourth-order valence-electron chi connectivity index (χ4n) is 1.44. The largest absolute Gasteiger partial charge is 1.00 e. The van der Waals surface area contributed by atoms with E-state index in [1.165, 1.54) is 0 Å². The molecule has 0 aliphatic rings. The maximum atomic E-state index is 10.1. The summed E-state index contributed by atoms with van der Waals surface area (Å²) in [5.74, 6) is -5.98. The molecule has 0 saturated carbocycles. The van der Waals surface area contributed by atoms with E-state index >= 15 is 0 Å². The zero-order valence-electron chi connectivity index (χ0n) is 31.9. The van der Waals surface area contributed by atoms with Gasteiger partial charge >= 0.3 is 172 Å². The minimum Gasteiger partial charge on any atom is -0.832 e. The van der Waals surface area contributed by atoms with Gasteiger partial charge in [0.25, 0.3) is 0 Å². The Morgan fingerprint density at radius 1 is 0.450 bits per heavy atom. The number of carbonyl (C=O) groups excluding carboxylic acids is 3. The van der Waals surface area contributed by atoms with Crippen molar-refractivity contribution in [3.63, 3.8) is 0 Å². The molecule has 0 bridgehead atoms. The molecule has 0 unspecified atom stereocenters. The third-order valence-electron chi connectivity index (χ3n) is 2.50. The summed E-state index contributed by atoms with van der Waals surface area (Å²) in [6, 6.07) is 0. The van der Waals surface area contributed by atoms with Crippen molar-refractivity contribution < 1.29 is 289 Å². The number of aliphatic carboxylic acids is 3. The van der Waals surface area contributed by atoms with Gasteiger partial charge in [0, 0.05) is 44.4 Å². The topological polar surface area (TPSA) is 715 Å². The van der Waals surface area contributed by atoms with Crippen molar-refractivity contribution in [1.82, 2.24) is 11.1 Å². The van der Waals surface area contributed by atoms with Crippen LogP contribution in [0, 0.1) is 0 Å². The maximum Gasteiger partial charge on any atom is 1.00 e. The second-order valence-corrected chi connectivity index (χ2v) is 6.92. The van der Waals surface area contributed by atoms with Gasteiger partial charge in [-0.05, 0) is 0 Å². The fourth-order valence-corrected chi connectivity index (χ4v) is 1.44. The van der Waals surface area contributed by atoms with Gasteiger partial charge in [0.05, 0.1) is 25.8 Å². The first-order chi connectivity index (χ1) is 24.5. The van der Waals surface area contributed by atoms with E-state index < -0.39 is 90.3 Å². The van der Waals surface area contributed by atoms with Gasteiger partial charge in [0.15, 0.2) is 0 Å². The molecule has 0 aromatic carbocycles. The molecule has 0 saturated heterocycles. The quantitative estimate of drug-likeness (QED) is 0.0855. The first-order valence-corrected chi connectivity index (χ1v) is 12.2. The van der Waals surface area contributed by atoms with Crippen LogP contribution in [0.25, 0.3) is 0 Å². The van der Waals surface area contributed by atoms with Crippen LogP contribution in [0.15, 0.2) is 0 Å². The molecule has 26 N–H and O–H groups in total. The number of rotatable bonds is 11. The van der Waals surface area contributed by atoms with Gasteiger partial charge < -0.3 is 157 Å². The standard InChI is InChI=1S/C6H15NO3.C6H8O7.4CH2O3.3BH3O3.BH2O3.H3N.4Na/c8-4-1-7(2-5-9)3-6-10;7-3(8)1-6(13,5(11)12)2-4(9)10;8*2-1(3)4;;;;;/h8-10H,1-6H2;13H,1-2H2,(H,7,8)(H,9,10)(H,11,12);4*(H2,2,3,4);3*2-4H;2-3H;1H3;;;;/q;;;;;;;;;-1;;4*+1/p-3. The third-order valence-corrected chi connectivity index (χ3v) is 2.50. The SMILES string of the molecule is N.O=C(O)O.O=C(O)O.O=C(O)O.O=C(O)O.O=C([O-])CC(O)(CC(=O)[O-])C(=O)[O-].OB(O)O.OB(O)O.OB(O)O.OCCN(CCO)CCO.[Na+].[Na+].[Na+].[Na+].[O-]B(O)O. The number of carboxylic acid groups (broad SMARTS) is 11. The van der Waals surface area contributed by atoms with Crippen molar-refractivity contribution in [2.75, 3.05) is 39.5 Å². The molecule has 0 heterocycles. The predicted octanol–water partition coefficient (Wildman–Crippen LogP) is -26.8. The molecule has 0 aromatic rings. The Morgan fingerprint density at radius 2 is 0.567 bits per heavy atom. The first-order valence-electron chi connectivity index (χ1n) is 12.2. The van der Waals surface area contributed by atoms with Gasteiger partial charge in [-0.25, -0.2) is 19.2 Å². The Morgan fingerprint density at radius 3 is 0.633 bits per heavy atom. The number of nitrogens with zero attached hydrogens (tertiary/aromatic N) is 1. The molecular weight excluding hydrogens is 899 g/mol. The number of aliphatic hydroxyl groups excluding tert-OH is 3. The number of hydrogen-bond acceptors (Lipinski definition) is 28. The summed E-state index contributed by atoms with van der Waals surface area (Å²) in [5.41, 5.74) is -2.97. The maximum absolute atomic E-state index is 10.1. The van der Waals surface area contributed by atoms with Crippen molar-refractivity contribution in [2.45, 2.75) is 18.4 Å². The average Bonchev–Trinajstić information content (AvgIpc) is 2.86. The van der Waals surface area contributed by atoms with Crippen LogP contribution in [0.3, 0.4) is 0 Å². The van der Waals surface area contributed by atoms with Gasteiger partial charge in [-0.15, -0.1) is 0 Å². The average molecular weight is 942 g/mol. The zero-order chi connectivity index (χ0) is 47.1. The zero-order valence-corrected chi connectivity index (χ0v) is 39.9. The monoisotopic (exact) mass is 942 g/mol. The Labute approximate surface area is 425 Å². The van der Waals surface area contributed by atoms with E-state index in [2.05, 4.69) is 0 Å².